The molecular formula is C29H38FN6O2Pr-. The topological polar surface area (TPSA) is 86.1 Å². The predicted molar refractivity (Wildman–Crippen MR) is 147 cm³/mol. The van der Waals surface area contributed by atoms with Crippen molar-refractivity contribution in [3.63, 3.8) is 0 Å². The van der Waals surface area contributed by atoms with Crippen LogP contribution in [0.2, 0.25) is 0 Å². The van der Waals surface area contributed by atoms with Gasteiger partial charge in [-0.2, -0.15) is 9.97 Å². The number of benzene rings is 1. The number of nitrogens with one attached hydrogen (secondary N) is 1. The van der Waals surface area contributed by atoms with E-state index in [1.54, 1.807) is 6.21 Å². The van der Waals surface area contributed by atoms with Crippen molar-refractivity contribution in [3.05, 3.63) is 53.7 Å². The molecule has 4 fully saturated rings. The van der Waals surface area contributed by atoms with Crippen LogP contribution >= 0.6 is 0 Å². The Bertz CT molecular complexity index is 1130. The van der Waals surface area contributed by atoms with Crippen LogP contribution in [0.1, 0.15) is 55.3 Å². The van der Waals surface area contributed by atoms with E-state index in [9.17, 15) is 4.39 Å². The van der Waals surface area contributed by atoms with Gasteiger partial charge in [-0.15, -0.1) is 42.5 Å². The number of aliphatic hydroxyl groups excluding tert-OH is 1. The molecule has 1 radical (unpaired) electrons. The summed E-state index contributed by atoms with van der Waals surface area (Å²) in [4.78, 5) is 18.8. The minimum atomic E-state index is -0.715. The molecule has 0 spiro atoms. The van der Waals surface area contributed by atoms with Crippen LogP contribution in [0, 0.1) is 47.4 Å². The van der Waals surface area contributed by atoms with E-state index in [2.05, 4.69) is 37.7 Å². The van der Waals surface area contributed by atoms with Crippen molar-refractivity contribution in [1.82, 2.24) is 20.2 Å². The van der Waals surface area contributed by atoms with Gasteiger partial charge in [-0.05, 0) is 57.3 Å². The van der Waals surface area contributed by atoms with Gasteiger partial charge in [0.2, 0.25) is 0 Å². The summed E-state index contributed by atoms with van der Waals surface area (Å²) < 4.78 is 20.7. The Morgan fingerprint density at radius 3 is 2.59 bits per heavy atom. The molecule has 10 heteroatoms. The molecule has 207 valence electrons. The number of aliphatic hydroxyl groups is 1. The Morgan fingerprint density at radius 2 is 1.95 bits per heavy atom. The van der Waals surface area contributed by atoms with Crippen LogP contribution in [0.5, 0.6) is 6.01 Å². The molecule has 6 rings (SSSR count). The minimum absolute atomic E-state index is 0. The average molecular weight is 663 g/mol. The fourth-order valence-electron chi connectivity index (χ4n) is 6.43. The summed E-state index contributed by atoms with van der Waals surface area (Å²) in [5.74, 6) is 0.701. The number of aromatic nitrogens is 2. The third-order valence-electron chi connectivity index (χ3n) is 8.28. The summed E-state index contributed by atoms with van der Waals surface area (Å²) in [6.07, 6.45) is 8.64. The van der Waals surface area contributed by atoms with Crippen molar-refractivity contribution in [2.75, 3.05) is 44.8 Å². The summed E-state index contributed by atoms with van der Waals surface area (Å²) in [5.41, 5.74) is 2.35. The van der Waals surface area contributed by atoms with E-state index in [0.29, 0.717) is 41.5 Å². The van der Waals surface area contributed by atoms with E-state index in [4.69, 9.17) is 14.8 Å². The molecule has 0 amide bonds. The quantitative estimate of drug-likeness (QED) is 0.331. The van der Waals surface area contributed by atoms with E-state index in [0.717, 1.165) is 64.5 Å². The zero-order valence-electron chi connectivity index (χ0n) is 22.8. The maximum absolute atomic E-state index is 14.4. The predicted octanol–water partition coefficient (Wildman–Crippen LogP) is 3.39. The van der Waals surface area contributed by atoms with E-state index >= 15 is 0 Å². The second-order valence-corrected chi connectivity index (χ2v) is 10.6. The van der Waals surface area contributed by atoms with Gasteiger partial charge in [0, 0.05) is 79.8 Å². The number of hydrogen-bond acceptors (Lipinski definition) is 8. The first-order valence-electron chi connectivity index (χ1n) is 13.6. The molecule has 4 aliphatic heterocycles. The van der Waals surface area contributed by atoms with Gasteiger partial charge >= 0.3 is 6.01 Å². The van der Waals surface area contributed by atoms with Crippen LogP contribution in [0.15, 0.2) is 35.8 Å². The van der Waals surface area contributed by atoms with Crippen LogP contribution in [0.25, 0.3) is 5.70 Å². The molecule has 0 aliphatic carbocycles. The Kier molecular flexibility index (Phi) is 10.9. The van der Waals surface area contributed by atoms with Crippen molar-refractivity contribution < 1.29 is 55.5 Å². The number of nitrogens with zero attached hydrogens (tertiary/aromatic N) is 5. The Labute approximate surface area is 264 Å². The molecule has 5 heterocycles. The number of alkyl halides is 1. The SMILES string of the molecule is C=C(N=Cc1c(CF)nc(OCC23CCCN2CCC3)nc1N1CC2CCC(C1)N2)c1[c-]cccc1.CO.[Pr]. The summed E-state index contributed by atoms with van der Waals surface area (Å²) in [7, 11) is 1.00. The maximum atomic E-state index is 14.4. The van der Waals surface area contributed by atoms with Crippen LogP contribution in [-0.4, -0.2) is 83.7 Å². The number of ether oxygens (including phenoxy) is 1. The number of anilines is 1. The molecule has 2 N–H and O–H groups in total. The maximum Gasteiger partial charge on any atom is 0.318 e. The molecule has 2 unspecified atom stereocenters. The van der Waals surface area contributed by atoms with E-state index in [1.165, 1.54) is 12.8 Å². The second kappa shape index (κ2) is 13.9. The zero-order chi connectivity index (χ0) is 26.5. The van der Waals surface area contributed by atoms with Crippen molar-refractivity contribution >= 4 is 17.7 Å². The largest absolute Gasteiger partial charge is 0.461 e. The fourth-order valence-corrected chi connectivity index (χ4v) is 6.43. The molecule has 1 aromatic heterocycles. The number of halogens is 1. The van der Waals surface area contributed by atoms with Crippen molar-refractivity contribution in [3.8, 4) is 6.01 Å². The van der Waals surface area contributed by atoms with Gasteiger partial charge in [0.1, 0.15) is 19.1 Å². The molecule has 39 heavy (non-hydrogen) atoms. The van der Waals surface area contributed by atoms with Crippen LogP contribution in [0.3, 0.4) is 0 Å². The Balaban J connectivity index is 0.00000115. The number of hydrogen-bond donors (Lipinski definition) is 2. The summed E-state index contributed by atoms with van der Waals surface area (Å²) in [6, 6.07) is 11.8. The number of rotatable bonds is 8. The first-order valence-corrected chi connectivity index (χ1v) is 13.6. The molecule has 4 saturated heterocycles. The van der Waals surface area contributed by atoms with Gasteiger partial charge < -0.3 is 25.1 Å². The van der Waals surface area contributed by atoms with Crippen LogP contribution < -0.4 is 15.0 Å². The molecule has 0 saturated carbocycles. The minimum Gasteiger partial charge on any atom is -0.461 e. The fraction of sp³-hybridized carbons (Fsp3) is 0.552. The normalized spacial score (nSPS) is 23.2. The zero-order valence-corrected chi connectivity index (χ0v) is 26.5. The standard InChI is InChI=1S/C28H34FN6O.CH4O.Pr/c1-20(21-7-3-2-4-8-21)30-16-24-25(15-29)32-27(36-19-28-11-5-13-35(28)14-6-12-28)33-26(24)34-17-22-9-10-23(18-34)31-22;1-2;/h2-4,7,16,22-23,31H,1,5-6,9-15,17-19H2;2H,1H3;/q-1;;. The third-order valence-corrected chi connectivity index (χ3v) is 8.28. The monoisotopic (exact) mass is 662 g/mol. The van der Waals surface area contributed by atoms with Crippen molar-refractivity contribution in [2.24, 2.45) is 4.99 Å². The van der Waals surface area contributed by atoms with Crippen molar-refractivity contribution in [1.29, 1.82) is 0 Å². The number of fused-ring (bicyclic) bond motifs is 3. The summed E-state index contributed by atoms with van der Waals surface area (Å²) in [6.45, 7) is 7.83. The Hall–Kier alpha value is -1.52. The molecular weight excluding hydrogens is 624 g/mol. The van der Waals surface area contributed by atoms with Gasteiger partial charge in [-0.1, -0.05) is 0 Å². The van der Waals surface area contributed by atoms with E-state index in [1.807, 2.05) is 24.3 Å². The van der Waals surface area contributed by atoms with Gasteiger partial charge in [0.05, 0.1) is 16.8 Å². The summed E-state index contributed by atoms with van der Waals surface area (Å²) in [5, 5.41) is 10.7. The first kappa shape index (κ1) is 30.4. The molecule has 2 bridgehead atoms. The molecule has 8 nitrogen and oxygen atoms in total. The Morgan fingerprint density at radius 1 is 1.23 bits per heavy atom. The third kappa shape index (κ3) is 6.70. The van der Waals surface area contributed by atoms with Gasteiger partial charge in [0.25, 0.3) is 0 Å². The smallest absolute Gasteiger partial charge is 0.318 e. The molecule has 4 aliphatic rings. The van der Waals surface area contributed by atoms with Crippen LogP contribution in [-0.2, 0) is 6.67 Å². The summed E-state index contributed by atoms with van der Waals surface area (Å²) >= 11 is 0. The number of piperazine rings is 1. The number of aliphatic imine (C=N–C) groups is 1. The second-order valence-electron chi connectivity index (χ2n) is 10.6. The van der Waals surface area contributed by atoms with E-state index < -0.39 is 6.67 Å². The van der Waals surface area contributed by atoms with Crippen LogP contribution in [0.4, 0.5) is 10.2 Å². The molecule has 2 atom stereocenters. The molecule has 2 aromatic rings. The molecule has 1 aromatic carbocycles. The van der Waals surface area contributed by atoms with Crippen molar-refractivity contribution in [2.45, 2.75) is 62.8 Å². The average Bonchev–Trinajstić information content (AvgIpc) is 3.65. The van der Waals surface area contributed by atoms with Gasteiger partial charge in [-0.25, -0.2) is 4.39 Å². The first-order chi connectivity index (χ1) is 18.6. The van der Waals surface area contributed by atoms with Gasteiger partial charge in [0.15, 0.2) is 0 Å². The van der Waals surface area contributed by atoms with E-state index in [-0.39, 0.29) is 52.8 Å². The van der Waals surface area contributed by atoms with Gasteiger partial charge in [-0.3, -0.25) is 4.90 Å².